The van der Waals surface area contributed by atoms with Gasteiger partial charge in [0.15, 0.2) is 5.11 Å². The Kier molecular flexibility index (Phi) is 6.24. The zero-order chi connectivity index (χ0) is 13.8. The normalized spacial score (nSPS) is 18.3. The molecule has 0 aromatic carbocycles. The molecule has 0 amide bonds. The highest BCUT2D eigenvalue weighted by Crippen LogP contribution is 2.26. The average molecular weight is 326 g/mol. The van der Waals surface area contributed by atoms with Gasteiger partial charge < -0.3 is 10.6 Å². The van der Waals surface area contributed by atoms with E-state index in [1.165, 1.54) is 56.2 Å². The lowest BCUT2D eigenvalue weighted by Crippen LogP contribution is -2.39. The van der Waals surface area contributed by atoms with Crippen LogP contribution in [0.3, 0.4) is 0 Å². The first kappa shape index (κ1) is 16.5. The predicted octanol–water partition coefficient (Wildman–Crippen LogP) is 4.00. The molecule has 1 aromatic rings. The molecule has 0 bridgehead atoms. The van der Waals surface area contributed by atoms with E-state index in [0.29, 0.717) is 6.04 Å². The van der Waals surface area contributed by atoms with Gasteiger partial charge >= 0.3 is 0 Å². The number of rotatable bonds is 2. The molecule has 3 nitrogen and oxygen atoms in total. The molecule has 3 rings (SSSR count). The van der Waals surface area contributed by atoms with Gasteiger partial charge in [-0.05, 0) is 62.4 Å². The number of fused-ring (bicyclic) bond motifs is 1. The van der Waals surface area contributed by atoms with E-state index in [4.69, 9.17) is 12.2 Å². The molecule has 2 aliphatic rings. The highest BCUT2D eigenvalue weighted by molar-refractivity contribution is 7.80. The Bertz CT molecular complexity index is 486. The van der Waals surface area contributed by atoms with Crippen molar-refractivity contribution in [3.8, 4) is 0 Å². The summed E-state index contributed by atoms with van der Waals surface area (Å²) in [7, 11) is 0. The molecule has 21 heavy (non-hydrogen) atoms. The summed E-state index contributed by atoms with van der Waals surface area (Å²) in [5.74, 6) is 0. The first-order valence-electron chi connectivity index (χ1n) is 7.87. The molecule has 2 N–H and O–H groups in total. The van der Waals surface area contributed by atoms with Gasteiger partial charge in [0.2, 0.25) is 0 Å². The summed E-state index contributed by atoms with van der Waals surface area (Å²) in [6.45, 7) is 0. The Hall–Kier alpha value is -0.870. The fourth-order valence-corrected chi connectivity index (χ4v) is 3.61. The van der Waals surface area contributed by atoms with Crippen molar-refractivity contribution < 1.29 is 0 Å². The van der Waals surface area contributed by atoms with Crippen molar-refractivity contribution >= 4 is 35.4 Å². The maximum Gasteiger partial charge on any atom is 0.171 e. The Morgan fingerprint density at radius 3 is 2.67 bits per heavy atom. The van der Waals surface area contributed by atoms with Crippen LogP contribution in [0, 0.1) is 0 Å². The average Bonchev–Trinajstić information content (AvgIpc) is 2.48. The number of aryl methyl sites for hydroxylation is 1. The van der Waals surface area contributed by atoms with Crippen LogP contribution in [0.15, 0.2) is 12.3 Å². The van der Waals surface area contributed by atoms with E-state index in [9.17, 15) is 0 Å². The zero-order valence-corrected chi connectivity index (χ0v) is 14.0. The summed E-state index contributed by atoms with van der Waals surface area (Å²) in [6, 6.07) is 2.61. The number of halogens is 1. The van der Waals surface area contributed by atoms with Crippen molar-refractivity contribution in [3.05, 3.63) is 23.5 Å². The maximum absolute atomic E-state index is 5.48. The van der Waals surface area contributed by atoms with Crippen molar-refractivity contribution in [1.29, 1.82) is 0 Å². The summed E-state index contributed by atoms with van der Waals surface area (Å²) in [4.78, 5) is 4.50. The quantitative estimate of drug-likeness (QED) is 0.806. The number of thiocarbonyl (C=S) groups is 1. The van der Waals surface area contributed by atoms with Crippen LogP contribution in [0.4, 0.5) is 5.69 Å². The molecule has 0 aliphatic heterocycles. The van der Waals surface area contributed by atoms with Crippen molar-refractivity contribution in [3.63, 3.8) is 0 Å². The summed E-state index contributed by atoms with van der Waals surface area (Å²) in [5.41, 5.74) is 3.77. The molecular formula is C16H24ClN3S. The molecule has 116 valence electrons. The van der Waals surface area contributed by atoms with E-state index in [-0.39, 0.29) is 12.4 Å². The molecular weight excluding hydrogens is 302 g/mol. The number of pyridine rings is 1. The lowest BCUT2D eigenvalue weighted by molar-refractivity contribution is 0.415. The highest BCUT2D eigenvalue weighted by Gasteiger charge is 2.17. The third-order valence-corrected chi connectivity index (χ3v) is 4.64. The van der Waals surface area contributed by atoms with E-state index < -0.39 is 0 Å². The summed E-state index contributed by atoms with van der Waals surface area (Å²) in [5, 5.41) is 7.65. The minimum Gasteiger partial charge on any atom is -0.360 e. The van der Waals surface area contributed by atoms with Crippen molar-refractivity contribution in [2.75, 3.05) is 5.32 Å². The van der Waals surface area contributed by atoms with Crippen molar-refractivity contribution in [1.82, 2.24) is 10.3 Å². The Morgan fingerprint density at radius 2 is 1.86 bits per heavy atom. The van der Waals surface area contributed by atoms with Crippen molar-refractivity contribution in [2.24, 2.45) is 0 Å². The first-order chi connectivity index (χ1) is 9.83. The van der Waals surface area contributed by atoms with Crippen LogP contribution in [-0.4, -0.2) is 16.1 Å². The maximum atomic E-state index is 5.48. The Labute approximate surface area is 138 Å². The van der Waals surface area contributed by atoms with Crippen LogP contribution in [0.2, 0.25) is 0 Å². The Morgan fingerprint density at radius 1 is 1.10 bits per heavy atom. The van der Waals surface area contributed by atoms with E-state index >= 15 is 0 Å². The number of aromatic nitrogens is 1. The predicted molar refractivity (Wildman–Crippen MR) is 94.4 cm³/mol. The smallest absolute Gasteiger partial charge is 0.171 e. The van der Waals surface area contributed by atoms with E-state index in [0.717, 1.165) is 23.6 Å². The van der Waals surface area contributed by atoms with Gasteiger partial charge in [0.1, 0.15) is 0 Å². The SMILES string of the molecule is Cl.S=C(Nc1ccnc2c1CCCC2)NC1CCCCC1. The zero-order valence-electron chi connectivity index (χ0n) is 12.4. The third kappa shape index (κ3) is 4.30. The number of anilines is 1. The monoisotopic (exact) mass is 325 g/mol. The van der Waals surface area contributed by atoms with E-state index in [1.807, 2.05) is 6.20 Å². The van der Waals surface area contributed by atoms with Gasteiger partial charge in [0, 0.05) is 23.6 Å². The molecule has 0 spiro atoms. The van der Waals surface area contributed by atoms with Crippen LogP contribution in [0.1, 0.15) is 56.2 Å². The van der Waals surface area contributed by atoms with Gasteiger partial charge in [0.25, 0.3) is 0 Å². The summed E-state index contributed by atoms with van der Waals surface area (Å²) >= 11 is 5.48. The van der Waals surface area contributed by atoms with E-state index in [2.05, 4.69) is 21.7 Å². The van der Waals surface area contributed by atoms with Crippen molar-refractivity contribution in [2.45, 2.75) is 63.8 Å². The highest BCUT2D eigenvalue weighted by atomic mass is 35.5. The van der Waals surface area contributed by atoms with E-state index in [1.54, 1.807) is 0 Å². The fraction of sp³-hybridized carbons (Fsp3) is 0.625. The molecule has 1 heterocycles. The second kappa shape index (κ2) is 7.95. The molecule has 0 atom stereocenters. The molecule has 1 saturated carbocycles. The second-order valence-electron chi connectivity index (χ2n) is 5.92. The topological polar surface area (TPSA) is 37.0 Å². The van der Waals surface area contributed by atoms with Gasteiger partial charge in [-0.2, -0.15) is 0 Å². The van der Waals surface area contributed by atoms with Crippen LogP contribution in [-0.2, 0) is 12.8 Å². The van der Waals surface area contributed by atoms with Crippen LogP contribution in [0.25, 0.3) is 0 Å². The van der Waals surface area contributed by atoms with Gasteiger partial charge in [-0.25, -0.2) is 0 Å². The fourth-order valence-electron chi connectivity index (χ4n) is 3.33. The Balaban J connectivity index is 0.00000161. The molecule has 0 unspecified atom stereocenters. The molecule has 1 aromatic heterocycles. The lowest BCUT2D eigenvalue weighted by atomic mass is 9.94. The molecule has 0 radical (unpaired) electrons. The molecule has 1 fully saturated rings. The van der Waals surface area contributed by atoms with Gasteiger partial charge in [0.05, 0.1) is 0 Å². The van der Waals surface area contributed by atoms with Crippen LogP contribution in [0.5, 0.6) is 0 Å². The summed E-state index contributed by atoms with van der Waals surface area (Å²) < 4.78 is 0. The summed E-state index contributed by atoms with van der Waals surface area (Å²) in [6.07, 6.45) is 13.2. The van der Waals surface area contributed by atoms with Gasteiger partial charge in [-0.15, -0.1) is 12.4 Å². The van der Waals surface area contributed by atoms with Gasteiger partial charge in [-0.1, -0.05) is 19.3 Å². The minimum atomic E-state index is 0. The molecule has 2 aliphatic carbocycles. The number of hydrogen-bond donors (Lipinski definition) is 2. The third-order valence-electron chi connectivity index (χ3n) is 4.42. The molecule has 0 saturated heterocycles. The largest absolute Gasteiger partial charge is 0.360 e. The first-order valence-corrected chi connectivity index (χ1v) is 8.28. The number of nitrogens with one attached hydrogen (secondary N) is 2. The van der Waals surface area contributed by atoms with Crippen LogP contribution >= 0.6 is 24.6 Å². The molecule has 5 heteroatoms. The van der Waals surface area contributed by atoms with Crippen LogP contribution < -0.4 is 10.6 Å². The standard InChI is InChI=1S/C16H23N3S.ClH/c20-16(18-12-6-2-1-3-7-12)19-15-10-11-17-14-9-5-4-8-13(14)15;/h10-12H,1-9H2,(H2,17,18,19,20);1H. The lowest BCUT2D eigenvalue weighted by Gasteiger charge is -2.25. The van der Waals surface area contributed by atoms with Gasteiger partial charge in [-0.3, -0.25) is 4.98 Å². The number of hydrogen-bond acceptors (Lipinski definition) is 2. The number of nitrogens with zero attached hydrogens (tertiary/aromatic N) is 1. The second-order valence-corrected chi connectivity index (χ2v) is 6.33. The minimum absolute atomic E-state index is 0.